The fraction of sp³-hybridized carbons (Fsp3) is 0.667. The lowest BCUT2D eigenvalue weighted by Crippen LogP contribution is -2.47. The van der Waals surface area contributed by atoms with Gasteiger partial charge in [-0.3, -0.25) is 25.2 Å². The van der Waals surface area contributed by atoms with Gasteiger partial charge in [0.2, 0.25) is 0 Å². The maximum Gasteiger partial charge on any atom is 0.185 e. The average molecular weight is 439 g/mol. The number of hydrogen-bond acceptors (Lipinski definition) is 7. The molecule has 0 aliphatic carbocycles. The minimum atomic E-state index is -1.66. The van der Waals surface area contributed by atoms with Crippen LogP contribution >= 0.6 is 23.2 Å². The molecular formula is C15H28Cl2N8O3. The first-order chi connectivity index (χ1) is 13.0. The topological polar surface area (TPSA) is 227 Å². The van der Waals surface area contributed by atoms with Crippen molar-refractivity contribution in [3.8, 4) is 0 Å². The molecule has 12 N–H and O–H groups in total. The number of nitrogens with two attached hydrogens (primary N) is 4. The lowest BCUT2D eigenvalue weighted by molar-refractivity contribution is -0.130. The van der Waals surface area contributed by atoms with Gasteiger partial charge in [-0.05, 0) is 25.7 Å². The highest BCUT2D eigenvalue weighted by Gasteiger charge is 2.37. The van der Waals surface area contributed by atoms with E-state index in [0.29, 0.717) is 25.9 Å². The quantitative estimate of drug-likeness (QED) is 0.0496. The Bertz CT molecular complexity index is 542. The molecule has 0 aromatic rings. The third kappa shape index (κ3) is 9.83. The highest BCUT2D eigenvalue weighted by molar-refractivity contribution is 6.52. The molecule has 0 radical (unpaired) electrons. The predicted octanol–water partition coefficient (Wildman–Crippen LogP) is -1.91. The summed E-state index contributed by atoms with van der Waals surface area (Å²) in [5, 5.41) is 15.8. The highest BCUT2D eigenvalue weighted by Crippen LogP contribution is 2.14. The molecule has 0 saturated heterocycles. The lowest BCUT2D eigenvalue weighted by atomic mass is 9.97. The fourth-order valence-electron chi connectivity index (χ4n) is 2.16. The van der Waals surface area contributed by atoms with Crippen LogP contribution in [-0.4, -0.2) is 65.2 Å². The Kier molecular flexibility index (Phi) is 12.3. The van der Waals surface area contributed by atoms with Crippen molar-refractivity contribution < 1.29 is 14.4 Å². The molecule has 0 bridgehead atoms. The standard InChI is InChI=1S/C15H28Cl2N8O3/c16-9(11(26)7(18)3-1-5-24-14(20)21)13(28)10(17)12(27)8(19)4-2-6-25-15(22)23/h7-10H,1-6,18-19H2,(H4,20,21,24)(H4,22,23,25). The van der Waals surface area contributed by atoms with Gasteiger partial charge in [0.1, 0.15) is 0 Å². The highest BCUT2D eigenvalue weighted by atomic mass is 35.5. The summed E-state index contributed by atoms with van der Waals surface area (Å²) >= 11 is 11.7. The molecule has 11 nitrogen and oxygen atoms in total. The van der Waals surface area contributed by atoms with Crippen LogP contribution in [0.2, 0.25) is 0 Å². The SMILES string of the molecule is N=C(N)NCCCC(N)C(=O)C(Cl)C(=O)C(Cl)C(=O)C(N)CCCNC(=N)N. The van der Waals surface area contributed by atoms with E-state index < -0.39 is 40.2 Å². The van der Waals surface area contributed by atoms with E-state index in [1.807, 2.05) is 0 Å². The smallest absolute Gasteiger partial charge is 0.185 e. The van der Waals surface area contributed by atoms with Crippen LogP contribution in [0.25, 0.3) is 0 Å². The van der Waals surface area contributed by atoms with Crippen molar-refractivity contribution >= 4 is 52.5 Å². The van der Waals surface area contributed by atoms with Gasteiger partial charge in [-0.15, -0.1) is 23.2 Å². The Morgan fingerprint density at radius 1 is 0.750 bits per heavy atom. The largest absolute Gasteiger partial charge is 0.370 e. The first-order valence-corrected chi connectivity index (χ1v) is 9.42. The van der Waals surface area contributed by atoms with Crippen molar-refractivity contribution in [3.05, 3.63) is 0 Å². The van der Waals surface area contributed by atoms with E-state index in [4.69, 9.17) is 57.0 Å². The molecule has 0 aliphatic heterocycles. The maximum atomic E-state index is 12.2. The Morgan fingerprint density at radius 3 is 1.36 bits per heavy atom. The molecule has 0 rings (SSSR count). The summed E-state index contributed by atoms with van der Waals surface area (Å²) in [6.45, 7) is 0.669. The lowest BCUT2D eigenvalue weighted by Gasteiger charge is -2.18. The summed E-state index contributed by atoms with van der Waals surface area (Å²) in [7, 11) is 0. The van der Waals surface area contributed by atoms with Crippen LogP contribution in [0.15, 0.2) is 0 Å². The maximum absolute atomic E-state index is 12.2. The zero-order valence-corrected chi connectivity index (χ0v) is 16.9. The molecule has 0 spiro atoms. The fourth-order valence-corrected chi connectivity index (χ4v) is 2.80. The number of ketones is 3. The summed E-state index contributed by atoms with van der Waals surface area (Å²) in [5.41, 5.74) is 21.7. The van der Waals surface area contributed by atoms with Gasteiger partial charge in [0.05, 0.1) is 12.1 Å². The Balaban J connectivity index is 4.52. The number of nitrogens with one attached hydrogen (secondary N) is 4. The second-order valence-corrected chi connectivity index (χ2v) is 6.98. The summed E-state index contributed by atoms with van der Waals surface area (Å²) in [5.74, 6) is -2.86. The van der Waals surface area contributed by atoms with E-state index in [1.165, 1.54) is 0 Å². The summed E-state index contributed by atoms with van der Waals surface area (Å²) in [4.78, 5) is 36.6. The molecule has 0 aromatic heterocycles. The molecule has 0 aliphatic rings. The normalized spacial score (nSPS) is 15.0. The van der Waals surface area contributed by atoms with Gasteiger partial charge in [0, 0.05) is 13.1 Å². The molecule has 13 heteroatoms. The molecule has 0 aromatic carbocycles. The van der Waals surface area contributed by atoms with Crippen molar-refractivity contribution in [1.29, 1.82) is 10.8 Å². The van der Waals surface area contributed by atoms with E-state index in [1.54, 1.807) is 0 Å². The third-order valence-electron chi connectivity index (χ3n) is 3.74. The van der Waals surface area contributed by atoms with Crippen LogP contribution in [0.5, 0.6) is 0 Å². The van der Waals surface area contributed by atoms with E-state index in [-0.39, 0.29) is 24.8 Å². The minimum absolute atomic E-state index is 0.206. The zero-order chi connectivity index (χ0) is 21.9. The van der Waals surface area contributed by atoms with Crippen molar-refractivity contribution in [1.82, 2.24) is 10.6 Å². The summed E-state index contributed by atoms with van der Waals surface area (Å²) < 4.78 is 0. The second-order valence-electron chi connectivity index (χ2n) is 6.11. The van der Waals surface area contributed by atoms with E-state index in [2.05, 4.69) is 10.6 Å². The van der Waals surface area contributed by atoms with Crippen molar-refractivity contribution in [3.63, 3.8) is 0 Å². The van der Waals surface area contributed by atoms with Crippen LogP contribution in [0.1, 0.15) is 25.7 Å². The van der Waals surface area contributed by atoms with Gasteiger partial charge in [-0.25, -0.2) is 0 Å². The molecule has 28 heavy (non-hydrogen) atoms. The number of alkyl halides is 2. The van der Waals surface area contributed by atoms with Crippen LogP contribution < -0.4 is 33.6 Å². The number of halogens is 2. The molecule has 0 heterocycles. The zero-order valence-electron chi connectivity index (χ0n) is 15.3. The van der Waals surface area contributed by atoms with Crippen LogP contribution in [0.3, 0.4) is 0 Å². The Morgan fingerprint density at radius 2 is 1.07 bits per heavy atom. The van der Waals surface area contributed by atoms with Gasteiger partial charge in [0.15, 0.2) is 40.0 Å². The molecule has 4 atom stereocenters. The summed E-state index contributed by atoms with van der Waals surface area (Å²) in [6, 6.07) is -2.05. The Hall–Kier alpha value is -1.95. The number of carbonyl (C=O) groups is 3. The summed E-state index contributed by atoms with van der Waals surface area (Å²) in [6.07, 6.45) is 1.26. The van der Waals surface area contributed by atoms with Gasteiger partial charge in [-0.2, -0.15) is 0 Å². The second kappa shape index (κ2) is 13.3. The number of guanidine groups is 2. The molecule has 4 unspecified atom stereocenters. The molecular weight excluding hydrogens is 411 g/mol. The van der Waals surface area contributed by atoms with Crippen LogP contribution in [0.4, 0.5) is 0 Å². The van der Waals surface area contributed by atoms with Gasteiger partial charge in [0.25, 0.3) is 0 Å². The van der Waals surface area contributed by atoms with Crippen molar-refractivity contribution in [2.24, 2.45) is 22.9 Å². The van der Waals surface area contributed by atoms with Crippen LogP contribution in [-0.2, 0) is 14.4 Å². The third-order valence-corrected chi connectivity index (χ3v) is 4.61. The first kappa shape index (κ1) is 26.1. The molecule has 0 fully saturated rings. The van der Waals surface area contributed by atoms with Gasteiger partial charge >= 0.3 is 0 Å². The van der Waals surface area contributed by atoms with Gasteiger partial charge in [-0.1, -0.05) is 0 Å². The van der Waals surface area contributed by atoms with Gasteiger partial charge < -0.3 is 33.6 Å². The van der Waals surface area contributed by atoms with Crippen molar-refractivity contribution in [2.45, 2.75) is 48.5 Å². The number of hydrogen-bond donors (Lipinski definition) is 8. The molecule has 0 saturated carbocycles. The van der Waals surface area contributed by atoms with E-state index >= 15 is 0 Å². The minimum Gasteiger partial charge on any atom is -0.370 e. The monoisotopic (exact) mass is 438 g/mol. The van der Waals surface area contributed by atoms with E-state index in [0.717, 1.165) is 0 Å². The number of carbonyl (C=O) groups excluding carboxylic acids is 3. The predicted molar refractivity (Wildman–Crippen MR) is 109 cm³/mol. The first-order valence-electron chi connectivity index (χ1n) is 8.55. The Labute approximate surface area is 173 Å². The van der Waals surface area contributed by atoms with E-state index in [9.17, 15) is 14.4 Å². The average Bonchev–Trinajstić information content (AvgIpc) is 2.64. The van der Waals surface area contributed by atoms with Crippen molar-refractivity contribution in [2.75, 3.05) is 13.1 Å². The molecule has 160 valence electrons. The van der Waals surface area contributed by atoms with Crippen LogP contribution in [0, 0.1) is 10.8 Å². The number of Topliss-reactive ketones (excluding diaryl/α,β-unsaturated/α-hetero) is 3. The number of rotatable bonds is 14. The molecule has 0 amide bonds.